The van der Waals surface area contributed by atoms with E-state index in [4.69, 9.17) is 4.74 Å². The maximum absolute atomic E-state index is 12.6. The second kappa shape index (κ2) is 7.43. The third kappa shape index (κ3) is 3.68. The summed E-state index contributed by atoms with van der Waals surface area (Å²) in [6.45, 7) is 0.931. The van der Waals surface area contributed by atoms with Crippen LogP contribution in [0.4, 0.5) is 5.69 Å². The first kappa shape index (κ1) is 17.6. The van der Waals surface area contributed by atoms with Crippen LogP contribution in [0.15, 0.2) is 42.5 Å². The van der Waals surface area contributed by atoms with Crippen LogP contribution in [0.5, 0.6) is 5.75 Å². The molecule has 1 unspecified atom stereocenters. The Balaban J connectivity index is 1.36. The summed E-state index contributed by atoms with van der Waals surface area (Å²) in [6.07, 6.45) is 3.76. The maximum atomic E-state index is 12.6. The van der Waals surface area contributed by atoms with Gasteiger partial charge in [-0.15, -0.1) is 0 Å². The van der Waals surface area contributed by atoms with Crippen LogP contribution in [0, 0.1) is 5.92 Å². The van der Waals surface area contributed by atoms with Gasteiger partial charge in [0.05, 0.1) is 13.0 Å². The number of benzene rings is 2. The molecule has 1 saturated heterocycles. The fraction of sp³-hybridized carbons (Fsp3) is 0.364. The van der Waals surface area contributed by atoms with Gasteiger partial charge in [-0.25, -0.2) is 0 Å². The van der Waals surface area contributed by atoms with Crippen molar-refractivity contribution in [1.82, 2.24) is 5.32 Å². The number of fused-ring (bicyclic) bond motifs is 1. The Morgan fingerprint density at radius 3 is 2.70 bits per heavy atom. The first-order valence-corrected chi connectivity index (χ1v) is 9.47. The topological polar surface area (TPSA) is 58.6 Å². The van der Waals surface area contributed by atoms with Crippen molar-refractivity contribution in [3.63, 3.8) is 0 Å². The molecule has 0 saturated carbocycles. The van der Waals surface area contributed by atoms with E-state index in [9.17, 15) is 9.59 Å². The molecule has 0 bridgehead atoms. The van der Waals surface area contributed by atoms with Crippen LogP contribution < -0.4 is 15.0 Å². The highest BCUT2D eigenvalue weighted by atomic mass is 16.5. The monoisotopic (exact) mass is 364 g/mol. The van der Waals surface area contributed by atoms with Crippen LogP contribution in [-0.4, -0.2) is 25.5 Å². The third-order valence-corrected chi connectivity index (χ3v) is 5.51. The lowest BCUT2D eigenvalue weighted by molar-refractivity contribution is -0.126. The Kier molecular flexibility index (Phi) is 4.84. The molecule has 140 valence electrons. The molecule has 1 atom stereocenters. The lowest BCUT2D eigenvalue weighted by atomic mass is 10.1. The lowest BCUT2D eigenvalue weighted by Gasteiger charge is -2.17. The molecule has 1 heterocycles. The van der Waals surface area contributed by atoms with Gasteiger partial charge in [-0.3, -0.25) is 9.59 Å². The van der Waals surface area contributed by atoms with Crippen molar-refractivity contribution in [3.8, 4) is 5.75 Å². The number of carbonyl (C=O) groups excluding carboxylic acids is 2. The van der Waals surface area contributed by atoms with E-state index >= 15 is 0 Å². The summed E-state index contributed by atoms with van der Waals surface area (Å²) in [5.74, 6) is 0.362. The van der Waals surface area contributed by atoms with Crippen LogP contribution in [-0.2, 0) is 29.0 Å². The van der Waals surface area contributed by atoms with Crippen LogP contribution in [0.1, 0.15) is 29.5 Å². The van der Waals surface area contributed by atoms with Crippen molar-refractivity contribution < 1.29 is 14.3 Å². The molecule has 2 aromatic rings. The Bertz CT molecular complexity index is 860. The Labute approximate surface area is 159 Å². The van der Waals surface area contributed by atoms with E-state index in [1.807, 2.05) is 24.3 Å². The number of anilines is 1. The molecule has 2 amide bonds. The average Bonchev–Trinajstić information content (AvgIpc) is 3.32. The quantitative estimate of drug-likeness (QED) is 0.888. The van der Waals surface area contributed by atoms with E-state index in [1.165, 1.54) is 17.5 Å². The molecular weight excluding hydrogens is 340 g/mol. The summed E-state index contributed by atoms with van der Waals surface area (Å²) in [7, 11) is 1.61. The zero-order chi connectivity index (χ0) is 18.8. The highest BCUT2D eigenvalue weighted by Crippen LogP contribution is 2.27. The number of carbonyl (C=O) groups is 2. The molecule has 4 rings (SSSR count). The predicted molar refractivity (Wildman–Crippen MR) is 104 cm³/mol. The minimum Gasteiger partial charge on any atom is -0.497 e. The molecule has 5 nitrogen and oxygen atoms in total. The van der Waals surface area contributed by atoms with Gasteiger partial charge in [-0.2, -0.15) is 0 Å². The second-order valence-corrected chi connectivity index (χ2v) is 7.28. The molecule has 1 aliphatic heterocycles. The van der Waals surface area contributed by atoms with Gasteiger partial charge in [-0.1, -0.05) is 18.2 Å². The van der Waals surface area contributed by atoms with Gasteiger partial charge in [0, 0.05) is 25.2 Å². The smallest absolute Gasteiger partial charge is 0.227 e. The van der Waals surface area contributed by atoms with E-state index in [2.05, 4.69) is 23.5 Å². The van der Waals surface area contributed by atoms with Crippen molar-refractivity contribution in [2.75, 3.05) is 18.6 Å². The van der Waals surface area contributed by atoms with Gasteiger partial charge in [0.25, 0.3) is 0 Å². The molecule has 27 heavy (non-hydrogen) atoms. The van der Waals surface area contributed by atoms with Gasteiger partial charge < -0.3 is 15.0 Å². The first-order chi connectivity index (χ1) is 13.1. The largest absolute Gasteiger partial charge is 0.497 e. The summed E-state index contributed by atoms with van der Waals surface area (Å²) in [4.78, 5) is 26.6. The molecule has 0 spiro atoms. The predicted octanol–water partition coefficient (Wildman–Crippen LogP) is 2.85. The molecule has 1 aliphatic carbocycles. The second-order valence-electron chi connectivity index (χ2n) is 7.28. The molecule has 0 radical (unpaired) electrons. The maximum Gasteiger partial charge on any atom is 0.227 e. The first-order valence-electron chi connectivity index (χ1n) is 9.47. The van der Waals surface area contributed by atoms with Crippen molar-refractivity contribution in [2.45, 2.75) is 32.2 Å². The van der Waals surface area contributed by atoms with Crippen molar-refractivity contribution in [3.05, 3.63) is 59.2 Å². The SMILES string of the molecule is COc1ccc(N2CC(C(=O)NCc3ccc4c(c3)CCC4)CC2=O)cc1. The lowest BCUT2D eigenvalue weighted by Crippen LogP contribution is -2.32. The Morgan fingerprint density at radius 2 is 1.93 bits per heavy atom. The highest BCUT2D eigenvalue weighted by Gasteiger charge is 2.35. The molecule has 1 fully saturated rings. The molecule has 0 aromatic heterocycles. The summed E-state index contributed by atoms with van der Waals surface area (Å²) in [6, 6.07) is 13.8. The van der Waals surface area contributed by atoms with Crippen molar-refractivity contribution in [1.29, 1.82) is 0 Å². The van der Waals surface area contributed by atoms with E-state index in [1.54, 1.807) is 12.0 Å². The summed E-state index contributed by atoms with van der Waals surface area (Å²) >= 11 is 0. The minimum atomic E-state index is -0.311. The Hall–Kier alpha value is -2.82. The molecule has 2 aliphatic rings. The van der Waals surface area contributed by atoms with Gasteiger partial charge in [0.15, 0.2) is 0 Å². The number of hydrogen-bond acceptors (Lipinski definition) is 3. The fourth-order valence-corrected chi connectivity index (χ4v) is 3.96. The number of nitrogens with zero attached hydrogens (tertiary/aromatic N) is 1. The number of ether oxygens (including phenoxy) is 1. The minimum absolute atomic E-state index is 0.0159. The van der Waals surface area contributed by atoms with E-state index < -0.39 is 0 Å². The van der Waals surface area contributed by atoms with Crippen LogP contribution in [0.25, 0.3) is 0 Å². The van der Waals surface area contributed by atoms with Gasteiger partial charge >= 0.3 is 0 Å². The zero-order valence-electron chi connectivity index (χ0n) is 15.5. The molecular formula is C22H24N2O3. The van der Waals surface area contributed by atoms with Crippen molar-refractivity contribution >= 4 is 17.5 Å². The number of hydrogen-bond donors (Lipinski definition) is 1. The number of rotatable bonds is 5. The van der Waals surface area contributed by atoms with E-state index in [-0.39, 0.29) is 24.2 Å². The van der Waals surface area contributed by atoms with Gasteiger partial charge in [0.1, 0.15) is 5.75 Å². The normalized spacial score (nSPS) is 18.5. The molecule has 5 heteroatoms. The van der Waals surface area contributed by atoms with Crippen molar-refractivity contribution in [2.24, 2.45) is 5.92 Å². The summed E-state index contributed by atoms with van der Waals surface area (Å²) in [5.41, 5.74) is 4.76. The van der Waals surface area contributed by atoms with Gasteiger partial charge in [-0.05, 0) is 60.2 Å². The van der Waals surface area contributed by atoms with E-state index in [0.29, 0.717) is 13.1 Å². The summed E-state index contributed by atoms with van der Waals surface area (Å²) < 4.78 is 5.15. The number of methoxy groups -OCH3 is 1. The van der Waals surface area contributed by atoms with Gasteiger partial charge in [0.2, 0.25) is 11.8 Å². The third-order valence-electron chi connectivity index (χ3n) is 5.51. The van der Waals surface area contributed by atoms with Crippen LogP contribution >= 0.6 is 0 Å². The molecule has 1 N–H and O–H groups in total. The standard InChI is InChI=1S/C22H24N2O3/c1-27-20-9-7-19(8-10-20)24-14-18(12-21(24)25)22(26)23-13-15-5-6-16-3-2-4-17(16)11-15/h5-11,18H,2-4,12-14H2,1H3,(H,23,26). The number of nitrogens with one attached hydrogen (secondary N) is 1. The van der Waals surface area contributed by atoms with Crippen LogP contribution in [0.2, 0.25) is 0 Å². The average molecular weight is 364 g/mol. The fourth-order valence-electron chi connectivity index (χ4n) is 3.96. The number of aryl methyl sites for hydroxylation is 2. The molecule has 2 aromatic carbocycles. The Morgan fingerprint density at radius 1 is 1.15 bits per heavy atom. The zero-order valence-corrected chi connectivity index (χ0v) is 15.5. The van der Waals surface area contributed by atoms with E-state index in [0.717, 1.165) is 29.8 Å². The highest BCUT2D eigenvalue weighted by molar-refractivity contribution is 6.00. The van der Waals surface area contributed by atoms with Crippen LogP contribution in [0.3, 0.4) is 0 Å². The number of amides is 2. The summed E-state index contributed by atoms with van der Waals surface area (Å²) in [5, 5.41) is 3.01.